The topological polar surface area (TPSA) is 62.0 Å². The Labute approximate surface area is 113 Å². The number of aromatic amines is 1. The van der Waals surface area contributed by atoms with Crippen molar-refractivity contribution in [2.24, 2.45) is 5.92 Å². The van der Waals surface area contributed by atoms with Crippen molar-refractivity contribution in [2.75, 3.05) is 0 Å². The zero-order valence-corrected chi connectivity index (χ0v) is 11.9. The van der Waals surface area contributed by atoms with Gasteiger partial charge in [-0.15, -0.1) is 0 Å². The van der Waals surface area contributed by atoms with Gasteiger partial charge < -0.3 is 10.3 Å². The van der Waals surface area contributed by atoms with Crippen LogP contribution < -0.4 is 10.9 Å². The van der Waals surface area contributed by atoms with Crippen LogP contribution in [0.5, 0.6) is 0 Å². The van der Waals surface area contributed by atoms with Crippen molar-refractivity contribution in [1.82, 2.24) is 10.3 Å². The molecule has 1 heterocycles. The molecule has 2 rings (SSSR count). The third-order valence-corrected chi connectivity index (χ3v) is 3.88. The van der Waals surface area contributed by atoms with E-state index < -0.39 is 0 Å². The number of pyridine rings is 1. The van der Waals surface area contributed by atoms with Crippen molar-refractivity contribution in [1.29, 1.82) is 0 Å². The molecular weight excluding hydrogens is 240 g/mol. The highest BCUT2D eigenvalue weighted by atomic mass is 16.2. The minimum Gasteiger partial charge on any atom is -0.349 e. The van der Waals surface area contributed by atoms with Crippen molar-refractivity contribution in [2.45, 2.75) is 52.5 Å². The van der Waals surface area contributed by atoms with Crippen LogP contribution in [0.3, 0.4) is 0 Å². The van der Waals surface area contributed by atoms with Gasteiger partial charge in [-0.05, 0) is 50.2 Å². The number of hydrogen-bond acceptors (Lipinski definition) is 2. The smallest absolute Gasteiger partial charge is 0.261 e. The summed E-state index contributed by atoms with van der Waals surface area (Å²) in [5, 5.41) is 2.93. The summed E-state index contributed by atoms with van der Waals surface area (Å²) < 4.78 is 0. The van der Waals surface area contributed by atoms with Gasteiger partial charge in [-0.2, -0.15) is 0 Å². The number of H-pyrrole nitrogens is 1. The maximum absolute atomic E-state index is 12.1. The van der Waals surface area contributed by atoms with Crippen molar-refractivity contribution in [3.8, 4) is 0 Å². The van der Waals surface area contributed by atoms with Crippen LogP contribution in [0.25, 0.3) is 0 Å². The maximum Gasteiger partial charge on any atom is 0.261 e. The molecule has 0 unspecified atom stereocenters. The van der Waals surface area contributed by atoms with Crippen LogP contribution in [0, 0.1) is 5.92 Å². The number of aryl methyl sites for hydroxylation is 2. The summed E-state index contributed by atoms with van der Waals surface area (Å²) in [4.78, 5) is 26.9. The van der Waals surface area contributed by atoms with Crippen LogP contribution in [0.15, 0.2) is 10.9 Å². The first-order chi connectivity index (χ1) is 9.06. The third kappa shape index (κ3) is 3.06. The molecule has 0 radical (unpaired) electrons. The fourth-order valence-electron chi connectivity index (χ4n) is 2.41. The summed E-state index contributed by atoms with van der Waals surface area (Å²) >= 11 is 0. The monoisotopic (exact) mass is 262 g/mol. The number of amides is 1. The van der Waals surface area contributed by atoms with Crippen LogP contribution in [0.4, 0.5) is 0 Å². The Morgan fingerprint density at radius 1 is 1.42 bits per heavy atom. The fraction of sp³-hybridized carbons (Fsp3) is 0.600. The van der Waals surface area contributed by atoms with E-state index in [9.17, 15) is 9.59 Å². The Bertz CT molecular complexity index is 529. The molecule has 19 heavy (non-hydrogen) atoms. The molecule has 2 N–H and O–H groups in total. The molecule has 4 nitrogen and oxygen atoms in total. The zero-order valence-electron chi connectivity index (χ0n) is 11.9. The van der Waals surface area contributed by atoms with Gasteiger partial charge in [-0.25, -0.2) is 0 Å². The van der Waals surface area contributed by atoms with E-state index in [-0.39, 0.29) is 23.1 Å². The van der Waals surface area contributed by atoms with Gasteiger partial charge >= 0.3 is 0 Å². The summed E-state index contributed by atoms with van der Waals surface area (Å²) in [6, 6.07) is 1.90. The number of carbonyl (C=O) groups excluding carboxylic acids is 1. The van der Waals surface area contributed by atoms with E-state index in [1.165, 1.54) is 12.8 Å². The van der Waals surface area contributed by atoms with Crippen molar-refractivity contribution in [3.05, 3.63) is 33.2 Å². The lowest BCUT2D eigenvalue weighted by atomic mass is 10.1. The third-order valence-electron chi connectivity index (χ3n) is 3.88. The Morgan fingerprint density at radius 3 is 2.63 bits per heavy atom. The van der Waals surface area contributed by atoms with E-state index in [1.807, 2.05) is 20.8 Å². The number of aromatic nitrogens is 1. The zero-order chi connectivity index (χ0) is 14.0. The summed E-state index contributed by atoms with van der Waals surface area (Å²) in [6.07, 6.45) is 3.94. The van der Waals surface area contributed by atoms with Gasteiger partial charge in [0.1, 0.15) is 5.56 Å². The van der Waals surface area contributed by atoms with Gasteiger partial charge in [0.2, 0.25) is 0 Å². The average molecular weight is 262 g/mol. The Balaban J connectivity index is 2.23. The Kier molecular flexibility index (Phi) is 4.08. The van der Waals surface area contributed by atoms with Crippen LogP contribution in [0.1, 0.15) is 55.2 Å². The number of nitrogens with one attached hydrogen (secondary N) is 2. The molecule has 1 amide bonds. The first-order valence-corrected chi connectivity index (χ1v) is 7.12. The van der Waals surface area contributed by atoms with E-state index >= 15 is 0 Å². The highest BCUT2D eigenvalue weighted by Gasteiger charge is 2.29. The van der Waals surface area contributed by atoms with E-state index in [2.05, 4.69) is 10.3 Å². The molecule has 104 valence electrons. The standard InChI is InChI=1S/C15H22N2O2/c1-4-10-8-12(15(19)17-13(10)5-2)14(18)16-9(3)11-6-7-11/h8-9,11H,4-7H2,1-3H3,(H,16,18)(H,17,19)/t9-/m0/s1. The molecule has 0 saturated heterocycles. The highest BCUT2D eigenvalue weighted by Crippen LogP contribution is 2.32. The van der Waals surface area contributed by atoms with E-state index in [0.29, 0.717) is 5.92 Å². The predicted molar refractivity (Wildman–Crippen MR) is 75.5 cm³/mol. The van der Waals surface area contributed by atoms with Crippen molar-refractivity contribution >= 4 is 5.91 Å². The van der Waals surface area contributed by atoms with E-state index in [0.717, 1.165) is 24.1 Å². The van der Waals surface area contributed by atoms with Gasteiger partial charge in [-0.3, -0.25) is 9.59 Å². The van der Waals surface area contributed by atoms with Crippen LogP contribution in [-0.2, 0) is 12.8 Å². The highest BCUT2D eigenvalue weighted by molar-refractivity contribution is 5.94. The van der Waals surface area contributed by atoms with Crippen LogP contribution >= 0.6 is 0 Å². The lowest BCUT2D eigenvalue weighted by molar-refractivity contribution is 0.0934. The van der Waals surface area contributed by atoms with Gasteiger partial charge in [-0.1, -0.05) is 13.8 Å². The van der Waals surface area contributed by atoms with Crippen molar-refractivity contribution in [3.63, 3.8) is 0 Å². The van der Waals surface area contributed by atoms with Gasteiger partial charge in [0.25, 0.3) is 11.5 Å². The number of rotatable bonds is 5. The minimum atomic E-state index is -0.283. The van der Waals surface area contributed by atoms with Crippen molar-refractivity contribution < 1.29 is 4.79 Å². The Hall–Kier alpha value is -1.58. The second-order valence-electron chi connectivity index (χ2n) is 5.32. The maximum atomic E-state index is 12.1. The Morgan fingerprint density at radius 2 is 2.11 bits per heavy atom. The normalized spacial score (nSPS) is 16.2. The molecule has 1 fully saturated rings. The molecule has 1 aliphatic carbocycles. The number of hydrogen-bond donors (Lipinski definition) is 2. The summed E-state index contributed by atoms with van der Waals surface area (Å²) in [5.41, 5.74) is 1.93. The largest absolute Gasteiger partial charge is 0.349 e. The van der Waals surface area contributed by atoms with Crippen LogP contribution in [-0.4, -0.2) is 16.9 Å². The van der Waals surface area contributed by atoms with E-state index in [4.69, 9.17) is 0 Å². The fourth-order valence-corrected chi connectivity index (χ4v) is 2.41. The first-order valence-electron chi connectivity index (χ1n) is 7.12. The molecular formula is C15H22N2O2. The molecule has 1 aromatic rings. The summed E-state index contributed by atoms with van der Waals surface area (Å²) in [5.74, 6) is 0.335. The molecule has 0 bridgehead atoms. The van der Waals surface area contributed by atoms with Gasteiger partial charge in [0.05, 0.1) is 0 Å². The lowest BCUT2D eigenvalue weighted by Crippen LogP contribution is -2.37. The molecule has 1 saturated carbocycles. The predicted octanol–water partition coefficient (Wildman–Crippen LogP) is 2.03. The molecule has 4 heteroatoms. The molecule has 1 atom stereocenters. The SMILES string of the molecule is CCc1cc(C(=O)N[C@@H](C)C2CC2)c(=O)[nH]c1CC. The molecule has 1 aliphatic rings. The average Bonchev–Trinajstić information content (AvgIpc) is 3.22. The lowest BCUT2D eigenvalue weighted by Gasteiger charge is -2.13. The second-order valence-corrected chi connectivity index (χ2v) is 5.32. The molecule has 0 aliphatic heterocycles. The first kappa shape index (κ1) is 13.8. The van der Waals surface area contributed by atoms with Crippen LogP contribution in [0.2, 0.25) is 0 Å². The summed E-state index contributed by atoms with van der Waals surface area (Å²) in [7, 11) is 0. The summed E-state index contributed by atoms with van der Waals surface area (Å²) in [6.45, 7) is 6.03. The molecule has 1 aromatic heterocycles. The quantitative estimate of drug-likeness (QED) is 0.853. The molecule has 0 spiro atoms. The molecule has 0 aromatic carbocycles. The minimum absolute atomic E-state index is 0.155. The van der Waals surface area contributed by atoms with Gasteiger partial charge in [0.15, 0.2) is 0 Å². The van der Waals surface area contributed by atoms with Gasteiger partial charge in [0, 0.05) is 11.7 Å². The van der Waals surface area contributed by atoms with E-state index in [1.54, 1.807) is 6.07 Å². The second kappa shape index (κ2) is 5.59. The number of carbonyl (C=O) groups is 1.